The number of aromatic nitrogens is 3. The van der Waals surface area contributed by atoms with E-state index in [-0.39, 0.29) is 0 Å². The Bertz CT molecular complexity index is 849. The first kappa shape index (κ1) is 12.7. The van der Waals surface area contributed by atoms with Crippen molar-refractivity contribution in [2.45, 2.75) is 19.5 Å². The van der Waals surface area contributed by atoms with Crippen LogP contribution in [0.25, 0.3) is 10.9 Å². The highest BCUT2D eigenvalue weighted by atomic mass is 32.1. The quantitative estimate of drug-likeness (QED) is 0.714. The third-order valence-corrected chi connectivity index (χ3v) is 4.30. The summed E-state index contributed by atoms with van der Waals surface area (Å²) in [6, 6.07) is 8.72. The fourth-order valence-electron chi connectivity index (χ4n) is 2.98. The van der Waals surface area contributed by atoms with Crippen molar-refractivity contribution in [2.75, 3.05) is 6.54 Å². The van der Waals surface area contributed by atoms with Gasteiger partial charge in [-0.1, -0.05) is 12.1 Å². The van der Waals surface area contributed by atoms with Gasteiger partial charge in [-0.05, 0) is 47.3 Å². The number of hydrogen-bond acceptors (Lipinski definition) is 3. The van der Waals surface area contributed by atoms with Gasteiger partial charge in [0.15, 0.2) is 4.77 Å². The number of aromatic amines is 2. The summed E-state index contributed by atoms with van der Waals surface area (Å²) in [6.07, 6.45) is 4.92. The Morgan fingerprint density at radius 3 is 3.19 bits per heavy atom. The molecule has 0 saturated carbocycles. The third-order valence-electron chi connectivity index (χ3n) is 4.09. The summed E-state index contributed by atoms with van der Waals surface area (Å²) >= 11 is 5.12. The fraction of sp³-hybridized carbons (Fsp3) is 0.250. The Morgan fingerprint density at radius 1 is 1.29 bits per heavy atom. The molecule has 0 radical (unpaired) electrons. The van der Waals surface area contributed by atoms with Crippen molar-refractivity contribution < 1.29 is 0 Å². The van der Waals surface area contributed by atoms with Gasteiger partial charge in [0.1, 0.15) is 0 Å². The smallest absolute Gasteiger partial charge is 0.196 e. The standard InChI is InChI=1S/C16H16N4S/c21-16-18-8-13-4-6-20(10-15(13)19-16)9-11-1-2-12-3-5-17-14(12)7-11/h1-3,5,7-8,17H,4,6,9-10H2,(H,18,19,21). The summed E-state index contributed by atoms with van der Waals surface area (Å²) in [6.45, 7) is 2.92. The predicted molar refractivity (Wildman–Crippen MR) is 85.5 cm³/mol. The molecule has 1 aromatic carbocycles. The van der Waals surface area contributed by atoms with Crippen molar-refractivity contribution >= 4 is 23.1 Å². The highest BCUT2D eigenvalue weighted by molar-refractivity contribution is 7.71. The Balaban J connectivity index is 1.56. The molecule has 5 heteroatoms. The average Bonchev–Trinajstić information content (AvgIpc) is 2.94. The second-order valence-corrected chi connectivity index (χ2v) is 5.94. The van der Waals surface area contributed by atoms with E-state index in [0.717, 1.165) is 26.1 Å². The van der Waals surface area contributed by atoms with Gasteiger partial charge in [-0.2, -0.15) is 0 Å². The van der Waals surface area contributed by atoms with Gasteiger partial charge >= 0.3 is 0 Å². The lowest BCUT2D eigenvalue weighted by molar-refractivity contribution is 0.241. The number of nitrogens with zero attached hydrogens (tertiary/aromatic N) is 2. The van der Waals surface area contributed by atoms with Crippen LogP contribution in [0.5, 0.6) is 0 Å². The van der Waals surface area contributed by atoms with Crippen LogP contribution in [0.2, 0.25) is 0 Å². The normalized spacial score (nSPS) is 15.2. The Hall–Kier alpha value is -1.98. The van der Waals surface area contributed by atoms with Gasteiger partial charge in [-0.25, -0.2) is 4.98 Å². The van der Waals surface area contributed by atoms with E-state index in [1.54, 1.807) is 0 Å². The van der Waals surface area contributed by atoms with Crippen LogP contribution in [0.3, 0.4) is 0 Å². The minimum absolute atomic E-state index is 0.573. The van der Waals surface area contributed by atoms with Gasteiger partial charge in [-0.3, -0.25) is 4.90 Å². The predicted octanol–water partition coefficient (Wildman–Crippen LogP) is 3.18. The molecular formula is C16H16N4S. The van der Waals surface area contributed by atoms with Crippen LogP contribution in [0, 0.1) is 4.77 Å². The minimum atomic E-state index is 0.573. The highest BCUT2D eigenvalue weighted by Crippen LogP contribution is 2.20. The summed E-state index contributed by atoms with van der Waals surface area (Å²) in [5, 5.41) is 1.26. The largest absolute Gasteiger partial charge is 0.361 e. The van der Waals surface area contributed by atoms with Gasteiger partial charge in [0, 0.05) is 43.2 Å². The van der Waals surface area contributed by atoms with Crippen molar-refractivity contribution in [2.24, 2.45) is 0 Å². The number of nitrogens with one attached hydrogen (secondary N) is 2. The molecule has 0 aliphatic carbocycles. The molecule has 3 aromatic rings. The van der Waals surface area contributed by atoms with Crippen LogP contribution in [0.15, 0.2) is 36.7 Å². The zero-order valence-corrected chi connectivity index (χ0v) is 12.4. The Labute approximate surface area is 127 Å². The summed E-state index contributed by atoms with van der Waals surface area (Å²) in [5.74, 6) is 0. The molecule has 4 nitrogen and oxygen atoms in total. The average molecular weight is 296 g/mol. The first-order valence-electron chi connectivity index (χ1n) is 7.13. The second kappa shape index (κ2) is 5.09. The molecule has 4 rings (SSSR count). The molecule has 2 aromatic heterocycles. The molecule has 106 valence electrons. The highest BCUT2D eigenvalue weighted by Gasteiger charge is 2.17. The maximum absolute atomic E-state index is 5.12. The molecule has 0 spiro atoms. The first-order valence-corrected chi connectivity index (χ1v) is 7.54. The van der Waals surface area contributed by atoms with Crippen molar-refractivity contribution in [3.05, 3.63) is 58.3 Å². The molecule has 3 heterocycles. The van der Waals surface area contributed by atoms with Gasteiger partial charge < -0.3 is 9.97 Å². The second-order valence-electron chi connectivity index (χ2n) is 5.55. The molecule has 1 aliphatic rings. The van der Waals surface area contributed by atoms with Crippen molar-refractivity contribution in [1.29, 1.82) is 0 Å². The summed E-state index contributed by atoms with van der Waals surface area (Å²) in [5.41, 5.74) is 5.04. The zero-order chi connectivity index (χ0) is 14.2. The minimum Gasteiger partial charge on any atom is -0.361 e. The molecule has 0 fully saturated rings. The molecule has 0 saturated heterocycles. The van der Waals surface area contributed by atoms with E-state index in [1.165, 1.54) is 27.7 Å². The van der Waals surface area contributed by atoms with Gasteiger partial charge in [0.05, 0.1) is 0 Å². The lowest BCUT2D eigenvalue weighted by Gasteiger charge is -2.28. The monoisotopic (exact) mass is 296 g/mol. The lowest BCUT2D eigenvalue weighted by Crippen LogP contribution is -2.31. The van der Waals surface area contributed by atoms with E-state index >= 15 is 0 Å². The summed E-state index contributed by atoms with van der Waals surface area (Å²) in [7, 11) is 0. The third kappa shape index (κ3) is 2.50. The number of hydrogen-bond donors (Lipinski definition) is 2. The van der Waals surface area contributed by atoms with Crippen LogP contribution in [0.4, 0.5) is 0 Å². The van der Waals surface area contributed by atoms with Crippen LogP contribution < -0.4 is 0 Å². The van der Waals surface area contributed by atoms with Crippen molar-refractivity contribution in [3.63, 3.8) is 0 Å². The van der Waals surface area contributed by atoms with Crippen molar-refractivity contribution in [3.8, 4) is 0 Å². The SMILES string of the molecule is S=c1ncc2c([nH]1)CN(Cc1ccc3cc[nH]c3c1)CC2. The Kier molecular flexibility index (Phi) is 3.09. The molecule has 0 atom stereocenters. The molecule has 0 bridgehead atoms. The molecular weight excluding hydrogens is 280 g/mol. The maximum Gasteiger partial charge on any atom is 0.196 e. The topological polar surface area (TPSA) is 47.7 Å². The van der Waals surface area contributed by atoms with Gasteiger partial charge in [-0.15, -0.1) is 0 Å². The molecule has 1 aliphatic heterocycles. The van der Waals surface area contributed by atoms with Crippen LogP contribution in [0.1, 0.15) is 16.8 Å². The first-order chi connectivity index (χ1) is 10.3. The lowest BCUT2D eigenvalue weighted by atomic mass is 10.1. The van der Waals surface area contributed by atoms with Gasteiger partial charge in [0.25, 0.3) is 0 Å². The number of benzene rings is 1. The zero-order valence-electron chi connectivity index (χ0n) is 11.6. The van der Waals surface area contributed by atoms with E-state index in [0.29, 0.717) is 4.77 Å². The van der Waals surface area contributed by atoms with Crippen LogP contribution >= 0.6 is 12.2 Å². The number of H-pyrrole nitrogens is 2. The maximum atomic E-state index is 5.12. The molecule has 2 N–H and O–H groups in total. The number of fused-ring (bicyclic) bond motifs is 2. The Morgan fingerprint density at radius 2 is 2.24 bits per heavy atom. The molecule has 21 heavy (non-hydrogen) atoms. The van der Waals surface area contributed by atoms with E-state index in [2.05, 4.69) is 44.1 Å². The summed E-state index contributed by atoms with van der Waals surface area (Å²) < 4.78 is 0.573. The van der Waals surface area contributed by atoms with E-state index in [1.807, 2.05) is 12.4 Å². The summed E-state index contributed by atoms with van der Waals surface area (Å²) in [4.78, 5) is 13.1. The van der Waals surface area contributed by atoms with E-state index in [4.69, 9.17) is 12.2 Å². The van der Waals surface area contributed by atoms with Crippen LogP contribution in [-0.4, -0.2) is 26.4 Å². The van der Waals surface area contributed by atoms with Gasteiger partial charge in [0.2, 0.25) is 0 Å². The van der Waals surface area contributed by atoms with E-state index in [9.17, 15) is 0 Å². The molecule has 0 amide bonds. The molecule has 0 unspecified atom stereocenters. The van der Waals surface area contributed by atoms with E-state index < -0.39 is 0 Å². The number of rotatable bonds is 2. The van der Waals surface area contributed by atoms with Crippen molar-refractivity contribution in [1.82, 2.24) is 19.9 Å². The van der Waals surface area contributed by atoms with Crippen LogP contribution in [-0.2, 0) is 19.5 Å². The fourth-order valence-corrected chi connectivity index (χ4v) is 3.16.